The zero-order valence-corrected chi connectivity index (χ0v) is 11.4. The molecule has 0 amide bonds. The van der Waals surface area contributed by atoms with Gasteiger partial charge in [-0.1, -0.05) is 0 Å². The van der Waals surface area contributed by atoms with Crippen molar-refractivity contribution in [2.24, 2.45) is 7.05 Å². The van der Waals surface area contributed by atoms with E-state index >= 15 is 0 Å². The van der Waals surface area contributed by atoms with Crippen molar-refractivity contribution in [2.45, 2.75) is 17.0 Å². The maximum Gasteiger partial charge on any atom is 0.396 e. The summed E-state index contributed by atoms with van der Waals surface area (Å²) in [6.45, 7) is 1.66. The van der Waals surface area contributed by atoms with E-state index in [1.807, 2.05) is 0 Å². The van der Waals surface area contributed by atoms with Gasteiger partial charge in [0.15, 0.2) is 5.03 Å². The molecule has 0 fully saturated rings. The Morgan fingerprint density at radius 2 is 2.20 bits per heavy atom. The molecular weight excluding hydrogens is 284 g/mol. The highest BCUT2D eigenvalue weighted by molar-refractivity contribution is 7.99. The molecule has 0 atom stereocenters. The fourth-order valence-corrected chi connectivity index (χ4v) is 2.39. The summed E-state index contributed by atoms with van der Waals surface area (Å²) in [7, 11) is 1.67. The van der Waals surface area contributed by atoms with Crippen LogP contribution >= 0.6 is 11.8 Å². The molecule has 0 aromatic carbocycles. The van der Waals surface area contributed by atoms with Gasteiger partial charge in [-0.3, -0.25) is 4.57 Å². The lowest BCUT2D eigenvalue weighted by molar-refractivity contribution is -0.392. The summed E-state index contributed by atoms with van der Waals surface area (Å²) < 4.78 is 1.59. The summed E-state index contributed by atoms with van der Waals surface area (Å²) >= 11 is 1.07. The molecule has 9 heteroatoms. The normalized spacial score (nSPS) is 10.5. The van der Waals surface area contributed by atoms with Crippen LogP contribution in [-0.2, 0) is 7.05 Å². The van der Waals surface area contributed by atoms with Crippen molar-refractivity contribution >= 4 is 23.5 Å². The molecule has 20 heavy (non-hydrogen) atoms. The first kappa shape index (κ1) is 14.0. The molecule has 1 N–H and O–H groups in total. The summed E-state index contributed by atoms with van der Waals surface area (Å²) in [6.07, 6.45) is 1.21. The average molecular weight is 294 g/mol. The fourth-order valence-electron chi connectivity index (χ4n) is 1.47. The van der Waals surface area contributed by atoms with Crippen LogP contribution in [0.5, 0.6) is 0 Å². The summed E-state index contributed by atoms with van der Waals surface area (Å²) in [6, 6.07) is 2.90. The van der Waals surface area contributed by atoms with Crippen molar-refractivity contribution in [3.05, 3.63) is 39.8 Å². The average Bonchev–Trinajstić information content (AvgIpc) is 2.68. The smallest absolute Gasteiger partial charge is 0.396 e. The number of pyridine rings is 1. The summed E-state index contributed by atoms with van der Waals surface area (Å²) in [5, 5.41) is 20.5. The number of hydrogen-bond acceptors (Lipinski definition) is 6. The van der Waals surface area contributed by atoms with E-state index in [2.05, 4.69) is 9.97 Å². The first-order valence-electron chi connectivity index (χ1n) is 5.45. The Hall–Kier alpha value is -2.42. The van der Waals surface area contributed by atoms with Gasteiger partial charge < -0.3 is 15.2 Å². The Labute approximate surface area is 117 Å². The standard InChI is InChI=1S/C11H10N4O4S/c1-6-13-9(15(18)19)10(14(6)2)20-8-4-3-7(5-12-8)11(16)17/h3-5H,1-2H3,(H,16,17). The molecular formula is C11H10N4O4S. The van der Waals surface area contributed by atoms with Crippen molar-refractivity contribution in [2.75, 3.05) is 0 Å². The van der Waals surface area contributed by atoms with Gasteiger partial charge in [-0.15, -0.1) is 0 Å². The largest absolute Gasteiger partial charge is 0.478 e. The van der Waals surface area contributed by atoms with Crippen LogP contribution in [0.4, 0.5) is 5.82 Å². The molecule has 0 aliphatic heterocycles. The number of nitrogens with zero attached hydrogens (tertiary/aromatic N) is 4. The van der Waals surface area contributed by atoms with Crippen molar-refractivity contribution in [3.63, 3.8) is 0 Å². The minimum absolute atomic E-state index is 0.0602. The van der Waals surface area contributed by atoms with Gasteiger partial charge in [0.1, 0.15) is 5.03 Å². The van der Waals surface area contributed by atoms with Gasteiger partial charge in [0.05, 0.1) is 5.56 Å². The highest BCUT2D eigenvalue weighted by Gasteiger charge is 2.24. The van der Waals surface area contributed by atoms with Crippen molar-refractivity contribution in [1.29, 1.82) is 0 Å². The second kappa shape index (κ2) is 5.29. The molecule has 2 aromatic rings. The number of carbonyl (C=O) groups is 1. The lowest BCUT2D eigenvalue weighted by Crippen LogP contribution is -1.98. The molecule has 0 radical (unpaired) electrons. The molecule has 0 aliphatic carbocycles. The molecule has 0 aliphatic rings. The second-order valence-corrected chi connectivity index (χ2v) is 4.91. The van der Waals surface area contributed by atoms with E-state index in [0.29, 0.717) is 15.9 Å². The molecule has 0 bridgehead atoms. The number of aromatic carboxylic acids is 1. The van der Waals surface area contributed by atoms with Gasteiger partial charge in [0.25, 0.3) is 0 Å². The zero-order valence-electron chi connectivity index (χ0n) is 10.6. The Bertz CT molecular complexity index is 680. The van der Waals surface area contributed by atoms with Gasteiger partial charge in [0.2, 0.25) is 5.82 Å². The molecule has 2 heterocycles. The van der Waals surface area contributed by atoms with Crippen LogP contribution in [-0.4, -0.2) is 30.5 Å². The van der Waals surface area contributed by atoms with E-state index in [1.165, 1.54) is 18.3 Å². The lowest BCUT2D eigenvalue weighted by atomic mass is 10.3. The van der Waals surface area contributed by atoms with Gasteiger partial charge >= 0.3 is 11.8 Å². The van der Waals surface area contributed by atoms with Crippen molar-refractivity contribution in [3.8, 4) is 0 Å². The SMILES string of the molecule is Cc1nc([N+](=O)[O-])c(Sc2ccc(C(=O)O)cn2)n1C. The topological polar surface area (TPSA) is 111 Å². The number of aromatic nitrogens is 3. The van der Waals surface area contributed by atoms with E-state index in [9.17, 15) is 14.9 Å². The Morgan fingerprint density at radius 3 is 2.70 bits per heavy atom. The lowest BCUT2D eigenvalue weighted by Gasteiger charge is -2.02. The number of imidazole rings is 1. The Balaban J connectivity index is 2.34. The Kier molecular flexibility index (Phi) is 3.70. The minimum Gasteiger partial charge on any atom is -0.478 e. The molecule has 2 rings (SSSR count). The quantitative estimate of drug-likeness (QED) is 0.676. The van der Waals surface area contributed by atoms with Crippen LogP contribution in [0.1, 0.15) is 16.2 Å². The third-order valence-corrected chi connectivity index (χ3v) is 3.71. The van der Waals surface area contributed by atoms with Crippen LogP contribution in [0.2, 0.25) is 0 Å². The predicted octanol–water partition coefficient (Wildman–Crippen LogP) is 1.88. The van der Waals surface area contributed by atoms with Crippen LogP contribution < -0.4 is 0 Å². The molecule has 0 saturated heterocycles. The number of carboxylic acids is 1. The minimum atomic E-state index is -1.07. The molecule has 104 valence electrons. The zero-order chi connectivity index (χ0) is 14.9. The maximum absolute atomic E-state index is 10.9. The number of carboxylic acid groups (broad SMARTS) is 1. The van der Waals surface area contributed by atoms with E-state index in [0.717, 1.165) is 11.8 Å². The van der Waals surface area contributed by atoms with Crippen LogP contribution in [0.25, 0.3) is 0 Å². The number of hydrogen-bond donors (Lipinski definition) is 1. The number of nitro groups is 1. The van der Waals surface area contributed by atoms with Gasteiger partial charge in [-0.2, -0.15) is 0 Å². The number of rotatable bonds is 4. The van der Waals surface area contributed by atoms with E-state index in [-0.39, 0.29) is 11.4 Å². The molecule has 2 aromatic heterocycles. The second-order valence-electron chi connectivity index (χ2n) is 3.90. The summed E-state index contributed by atoms with van der Waals surface area (Å²) in [5.74, 6) is -0.795. The highest BCUT2D eigenvalue weighted by atomic mass is 32.2. The maximum atomic E-state index is 10.9. The third-order valence-electron chi connectivity index (χ3n) is 2.61. The predicted molar refractivity (Wildman–Crippen MR) is 69.9 cm³/mol. The molecule has 0 spiro atoms. The van der Waals surface area contributed by atoms with Crippen molar-refractivity contribution in [1.82, 2.24) is 14.5 Å². The number of aryl methyl sites for hydroxylation is 1. The van der Waals surface area contributed by atoms with Gasteiger partial charge in [0, 0.05) is 20.2 Å². The van der Waals surface area contributed by atoms with E-state index in [1.54, 1.807) is 18.5 Å². The molecule has 8 nitrogen and oxygen atoms in total. The monoisotopic (exact) mass is 294 g/mol. The first-order chi connectivity index (χ1) is 9.40. The van der Waals surface area contributed by atoms with Crippen LogP contribution in [0, 0.1) is 17.0 Å². The van der Waals surface area contributed by atoms with Crippen LogP contribution in [0.15, 0.2) is 28.4 Å². The van der Waals surface area contributed by atoms with Crippen molar-refractivity contribution < 1.29 is 14.8 Å². The highest BCUT2D eigenvalue weighted by Crippen LogP contribution is 2.33. The third kappa shape index (κ3) is 2.62. The Morgan fingerprint density at radius 1 is 1.50 bits per heavy atom. The van der Waals surface area contributed by atoms with E-state index < -0.39 is 10.9 Å². The van der Waals surface area contributed by atoms with Gasteiger partial charge in [-0.05, 0) is 33.8 Å². The van der Waals surface area contributed by atoms with E-state index in [4.69, 9.17) is 5.11 Å². The summed E-state index contributed by atoms with van der Waals surface area (Å²) in [4.78, 5) is 28.9. The molecule has 0 unspecified atom stereocenters. The fraction of sp³-hybridized carbons (Fsp3) is 0.182. The van der Waals surface area contributed by atoms with Crippen LogP contribution in [0.3, 0.4) is 0 Å². The molecule has 0 saturated carbocycles. The summed E-state index contributed by atoms with van der Waals surface area (Å²) in [5.41, 5.74) is 0.0602. The van der Waals surface area contributed by atoms with Gasteiger partial charge in [-0.25, -0.2) is 9.78 Å². The first-order valence-corrected chi connectivity index (χ1v) is 6.26.